The number of oxime groups is 1. The third-order valence-electron chi connectivity index (χ3n) is 3.79. The van der Waals surface area contributed by atoms with Gasteiger partial charge in [0.1, 0.15) is 5.84 Å². The minimum Gasteiger partial charge on any atom is -0.409 e. The molecule has 4 nitrogen and oxygen atoms in total. The lowest BCUT2D eigenvalue weighted by molar-refractivity contribution is 0.313. The summed E-state index contributed by atoms with van der Waals surface area (Å²) in [5.74, 6) is 0.318. The molecule has 1 aromatic carbocycles. The molecule has 1 aliphatic carbocycles. The zero-order valence-corrected chi connectivity index (χ0v) is 11.8. The highest BCUT2D eigenvalue weighted by atomic mass is 35.5. The largest absolute Gasteiger partial charge is 0.409 e. The van der Waals surface area contributed by atoms with E-state index in [0.29, 0.717) is 12.3 Å². The highest BCUT2D eigenvalue weighted by Crippen LogP contribution is 2.48. The molecule has 19 heavy (non-hydrogen) atoms. The first-order chi connectivity index (χ1) is 9.04. The topological polar surface area (TPSA) is 70.6 Å². The predicted octanol–water partition coefficient (Wildman–Crippen LogP) is 2.91. The molecule has 0 bridgehead atoms. The number of benzene rings is 1. The molecule has 0 spiro atoms. The molecule has 2 rings (SSSR count). The van der Waals surface area contributed by atoms with Crippen molar-refractivity contribution in [3.05, 3.63) is 34.9 Å². The molecule has 1 saturated carbocycles. The van der Waals surface area contributed by atoms with Gasteiger partial charge in [0.2, 0.25) is 0 Å². The van der Waals surface area contributed by atoms with E-state index in [2.05, 4.69) is 17.4 Å². The van der Waals surface area contributed by atoms with Crippen LogP contribution in [0.1, 0.15) is 37.8 Å². The van der Waals surface area contributed by atoms with Crippen LogP contribution in [0.3, 0.4) is 0 Å². The average molecular weight is 282 g/mol. The molecule has 1 fully saturated rings. The van der Waals surface area contributed by atoms with Crippen LogP contribution in [0.5, 0.6) is 0 Å². The van der Waals surface area contributed by atoms with Crippen molar-refractivity contribution >= 4 is 17.4 Å². The van der Waals surface area contributed by atoms with E-state index in [1.165, 1.54) is 5.56 Å². The summed E-state index contributed by atoms with van der Waals surface area (Å²) in [6.07, 6.45) is 2.91. The van der Waals surface area contributed by atoms with Crippen molar-refractivity contribution in [2.75, 3.05) is 6.54 Å². The summed E-state index contributed by atoms with van der Waals surface area (Å²) in [4.78, 5) is 0. The Morgan fingerprint density at radius 1 is 1.47 bits per heavy atom. The molecule has 0 amide bonds. The summed E-state index contributed by atoms with van der Waals surface area (Å²) in [6, 6.07) is 8.13. The molecule has 0 aliphatic heterocycles. The monoisotopic (exact) mass is 281 g/mol. The third kappa shape index (κ3) is 3.85. The minimum absolute atomic E-state index is 0.178. The van der Waals surface area contributed by atoms with Crippen LogP contribution in [0.2, 0.25) is 5.02 Å². The molecular formula is C14H20ClN3O. The normalized spacial score (nSPS) is 19.2. The zero-order valence-electron chi connectivity index (χ0n) is 11.1. The van der Waals surface area contributed by atoms with Gasteiger partial charge in [-0.1, -0.05) is 28.9 Å². The van der Waals surface area contributed by atoms with Crippen LogP contribution in [-0.4, -0.2) is 17.6 Å². The van der Waals surface area contributed by atoms with Crippen molar-refractivity contribution in [3.63, 3.8) is 0 Å². The second kappa shape index (κ2) is 5.80. The Morgan fingerprint density at radius 2 is 2.11 bits per heavy atom. The molecule has 0 unspecified atom stereocenters. The standard InChI is InChI=1S/C14H20ClN3O/c1-10(11-2-4-12(15)5-3-11)17-9-14(6-7-14)8-13(16)18-19/h2-5,10,17,19H,6-9H2,1H3,(H2,16,18)/t10-/m1/s1. The lowest BCUT2D eigenvalue weighted by Gasteiger charge is -2.20. The van der Waals surface area contributed by atoms with Crippen LogP contribution in [0, 0.1) is 5.41 Å². The Morgan fingerprint density at radius 3 is 2.63 bits per heavy atom. The maximum atomic E-state index is 8.64. The molecule has 1 aliphatic rings. The van der Waals surface area contributed by atoms with Crippen molar-refractivity contribution < 1.29 is 5.21 Å². The van der Waals surface area contributed by atoms with Gasteiger partial charge in [-0.15, -0.1) is 0 Å². The van der Waals surface area contributed by atoms with Crippen molar-refractivity contribution in [2.45, 2.75) is 32.2 Å². The van der Waals surface area contributed by atoms with E-state index in [9.17, 15) is 0 Å². The number of nitrogens with one attached hydrogen (secondary N) is 1. The van der Waals surface area contributed by atoms with Crippen LogP contribution < -0.4 is 11.1 Å². The van der Waals surface area contributed by atoms with Crippen molar-refractivity contribution in [1.29, 1.82) is 0 Å². The highest BCUT2D eigenvalue weighted by Gasteiger charge is 2.43. The van der Waals surface area contributed by atoms with E-state index in [1.807, 2.05) is 24.3 Å². The Hall–Kier alpha value is -1.26. The van der Waals surface area contributed by atoms with E-state index in [1.54, 1.807) is 0 Å². The van der Waals surface area contributed by atoms with Gasteiger partial charge in [-0.3, -0.25) is 0 Å². The van der Waals surface area contributed by atoms with Crippen LogP contribution in [0.25, 0.3) is 0 Å². The fourth-order valence-electron chi connectivity index (χ4n) is 2.25. The molecule has 0 heterocycles. The quantitative estimate of drug-likeness (QED) is 0.325. The predicted molar refractivity (Wildman–Crippen MR) is 77.6 cm³/mol. The van der Waals surface area contributed by atoms with Gasteiger partial charge in [0.15, 0.2) is 0 Å². The molecule has 0 aromatic heterocycles. The van der Waals surface area contributed by atoms with Crippen LogP contribution in [0.15, 0.2) is 29.4 Å². The highest BCUT2D eigenvalue weighted by molar-refractivity contribution is 6.30. The molecular weight excluding hydrogens is 262 g/mol. The maximum absolute atomic E-state index is 8.64. The second-order valence-corrected chi connectivity index (χ2v) is 5.86. The van der Waals surface area contributed by atoms with E-state index in [-0.39, 0.29) is 11.5 Å². The third-order valence-corrected chi connectivity index (χ3v) is 4.05. The van der Waals surface area contributed by atoms with Gasteiger partial charge < -0.3 is 16.3 Å². The van der Waals surface area contributed by atoms with Crippen molar-refractivity contribution in [3.8, 4) is 0 Å². The molecule has 0 radical (unpaired) electrons. The number of halogens is 1. The van der Waals surface area contributed by atoms with Crippen molar-refractivity contribution in [1.82, 2.24) is 5.32 Å². The fourth-order valence-corrected chi connectivity index (χ4v) is 2.38. The van der Waals surface area contributed by atoms with Crippen molar-refractivity contribution in [2.24, 2.45) is 16.3 Å². The van der Waals surface area contributed by atoms with Gasteiger partial charge in [0.05, 0.1) is 0 Å². The summed E-state index contributed by atoms with van der Waals surface area (Å²) in [5, 5.41) is 16.0. The minimum atomic E-state index is 0.178. The first kappa shape index (κ1) is 14.2. The van der Waals surface area contributed by atoms with Crippen LogP contribution in [-0.2, 0) is 0 Å². The van der Waals surface area contributed by atoms with Gasteiger partial charge in [-0.2, -0.15) is 0 Å². The van der Waals surface area contributed by atoms with E-state index in [4.69, 9.17) is 22.5 Å². The SMILES string of the molecule is C[C@@H](NCC1(C/C(N)=N/O)CC1)c1ccc(Cl)cc1. The summed E-state index contributed by atoms with van der Waals surface area (Å²) in [5.41, 5.74) is 6.98. The van der Waals surface area contributed by atoms with Gasteiger partial charge >= 0.3 is 0 Å². The Labute approximate surface area is 118 Å². The Kier molecular flexibility index (Phi) is 4.32. The smallest absolute Gasteiger partial charge is 0.139 e. The molecule has 1 aromatic rings. The number of nitrogens with zero attached hydrogens (tertiary/aromatic N) is 1. The zero-order chi connectivity index (χ0) is 13.9. The molecule has 104 valence electrons. The van der Waals surface area contributed by atoms with Gasteiger partial charge in [-0.05, 0) is 42.9 Å². The van der Waals surface area contributed by atoms with Gasteiger partial charge in [-0.25, -0.2) is 0 Å². The lowest BCUT2D eigenvalue weighted by atomic mass is 10.0. The lowest BCUT2D eigenvalue weighted by Crippen LogP contribution is -2.30. The van der Waals surface area contributed by atoms with E-state index >= 15 is 0 Å². The maximum Gasteiger partial charge on any atom is 0.139 e. The summed E-state index contributed by atoms with van der Waals surface area (Å²) in [6.45, 7) is 3.01. The van der Waals surface area contributed by atoms with Crippen LogP contribution in [0.4, 0.5) is 0 Å². The fraction of sp³-hybridized carbons (Fsp3) is 0.500. The summed E-state index contributed by atoms with van der Waals surface area (Å²) >= 11 is 5.88. The second-order valence-electron chi connectivity index (χ2n) is 5.42. The Balaban J connectivity index is 1.87. The van der Waals surface area contributed by atoms with E-state index < -0.39 is 0 Å². The first-order valence-corrected chi connectivity index (χ1v) is 6.88. The van der Waals surface area contributed by atoms with Crippen LogP contribution >= 0.6 is 11.6 Å². The molecule has 0 saturated heterocycles. The number of hydrogen-bond donors (Lipinski definition) is 3. The van der Waals surface area contributed by atoms with E-state index in [0.717, 1.165) is 24.4 Å². The van der Waals surface area contributed by atoms with Gasteiger partial charge in [0.25, 0.3) is 0 Å². The van der Waals surface area contributed by atoms with Gasteiger partial charge in [0, 0.05) is 24.0 Å². The number of amidine groups is 1. The average Bonchev–Trinajstić information content (AvgIpc) is 3.17. The Bertz CT molecular complexity index is 454. The molecule has 5 heteroatoms. The number of nitrogens with two attached hydrogens (primary N) is 1. The molecule has 1 atom stereocenters. The molecule has 4 N–H and O–H groups in total. The number of hydrogen-bond acceptors (Lipinski definition) is 3. The number of rotatable bonds is 6. The summed E-state index contributed by atoms with van der Waals surface area (Å²) in [7, 11) is 0. The first-order valence-electron chi connectivity index (χ1n) is 6.50. The summed E-state index contributed by atoms with van der Waals surface area (Å²) < 4.78 is 0.